The molecule has 3 unspecified atom stereocenters. The Labute approximate surface area is 169 Å². The number of nitrogens with zero attached hydrogens (tertiary/aromatic N) is 1. The molecule has 0 bridgehead atoms. The van der Waals surface area contributed by atoms with Gasteiger partial charge in [0.25, 0.3) is 0 Å². The standard InChI is InChI=1S/C21H24ClN3O3/c1-12-9-15(11-20(27)24-17-6-4-16(22)5-7-17)18-10-14(21(23)28)3-8-19(18)25(12)13(2)26/h3-8,10,12,15,20,24,27H,9,11H2,1-2H3,(H2,23,28). The summed E-state index contributed by atoms with van der Waals surface area (Å²) < 4.78 is 0. The average molecular weight is 402 g/mol. The highest BCUT2D eigenvalue weighted by atomic mass is 35.5. The molecule has 3 atom stereocenters. The summed E-state index contributed by atoms with van der Waals surface area (Å²) in [6.07, 6.45) is 0.301. The SMILES string of the molecule is CC(=O)N1c2ccc(C(N)=O)cc2C(CC(O)Nc2ccc(Cl)cc2)CC1C. The molecule has 2 aromatic carbocycles. The van der Waals surface area contributed by atoms with E-state index in [4.69, 9.17) is 17.3 Å². The van der Waals surface area contributed by atoms with E-state index in [2.05, 4.69) is 5.32 Å². The second-order valence-electron chi connectivity index (χ2n) is 7.21. The number of fused-ring (bicyclic) bond motifs is 1. The number of carbonyl (C=O) groups is 2. The van der Waals surface area contributed by atoms with Crippen LogP contribution in [0.4, 0.5) is 11.4 Å². The van der Waals surface area contributed by atoms with Crippen LogP contribution in [0.2, 0.25) is 5.02 Å². The van der Waals surface area contributed by atoms with Gasteiger partial charge >= 0.3 is 0 Å². The molecule has 0 aliphatic carbocycles. The van der Waals surface area contributed by atoms with Crippen molar-refractivity contribution in [3.8, 4) is 0 Å². The van der Waals surface area contributed by atoms with E-state index in [1.165, 1.54) is 6.92 Å². The highest BCUT2D eigenvalue weighted by molar-refractivity contribution is 6.30. The van der Waals surface area contributed by atoms with Gasteiger partial charge in [0.15, 0.2) is 0 Å². The van der Waals surface area contributed by atoms with Crippen molar-refractivity contribution in [1.29, 1.82) is 0 Å². The van der Waals surface area contributed by atoms with Crippen molar-refractivity contribution in [3.05, 3.63) is 58.6 Å². The first-order valence-corrected chi connectivity index (χ1v) is 9.57. The van der Waals surface area contributed by atoms with Crippen LogP contribution < -0.4 is 16.0 Å². The molecule has 1 heterocycles. The Morgan fingerprint density at radius 2 is 1.96 bits per heavy atom. The van der Waals surface area contributed by atoms with Gasteiger partial charge in [-0.1, -0.05) is 11.6 Å². The number of nitrogens with one attached hydrogen (secondary N) is 1. The van der Waals surface area contributed by atoms with Gasteiger partial charge in [-0.05, 0) is 73.7 Å². The molecule has 0 saturated heterocycles. The molecule has 4 N–H and O–H groups in total. The Kier molecular flexibility index (Phi) is 5.91. The molecule has 2 aromatic rings. The number of anilines is 2. The predicted molar refractivity (Wildman–Crippen MR) is 111 cm³/mol. The Morgan fingerprint density at radius 1 is 1.29 bits per heavy atom. The second-order valence-corrected chi connectivity index (χ2v) is 7.65. The van der Waals surface area contributed by atoms with E-state index in [1.807, 2.05) is 6.92 Å². The van der Waals surface area contributed by atoms with Gasteiger partial charge in [-0.25, -0.2) is 0 Å². The van der Waals surface area contributed by atoms with Crippen LogP contribution >= 0.6 is 11.6 Å². The molecule has 0 fully saturated rings. The van der Waals surface area contributed by atoms with Crippen LogP contribution in [0.1, 0.15) is 48.5 Å². The molecule has 0 aromatic heterocycles. The number of carbonyl (C=O) groups excluding carboxylic acids is 2. The highest BCUT2D eigenvalue weighted by Crippen LogP contribution is 2.41. The monoisotopic (exact) mass is 401 g/mol. The predicted octanol–water partition coefficient (Wildman–Crippen LogP) is 3.49. The minimum atomic E-state index is -0.799. The number of benzene rings is 2. The number of nitrogens with two attached hydrogens (primary N) is 1. The molecule has 1 aliphatic heterocycles. The van der Waals surface area contributed by atoms with Gasteiger partial charge in [0.2, 0.25) is 11.8 Å². The molecular formula is C21H24ClN3O3. The molecule has 2 amide bonds. The number of aliphatic hydroxyl groups excluding tert-OH is 1. The highest BCUT2D eigenvalue weighted by Gasteiger charge is 2.33. The Hall–Kier alpha value is -2.57. The van der Waals surface area contributed by atoms with Crippen LogP contribution in [-0.4, -0.2) is 29.2 Å². The number of rotatable bonds is 5. The molecule has 28 heavy (non-hydrogen) atoms. The minimum Gasteiger partial charge on any atom is -0.374 e. The fourth-order valence-electron chi connectivity index (χ4n) is 3.91. The number of hydrogen-bond acceptors (Lipinski definition) is 4. The lowest BCUT2D eigenvalue weighted by atomic mass is 9.82. The second kappa shape index (κ2) is 8.20. The third-order valence-corrected chi connectivity index (χ3v) is 5.35. The lowest BCUT2D eigenvalue weighted by Gasteiger charge is -2.39. The van der Waals surface area contributed by atoms with Crippen molar-refractivity contribution in [2.24, 2.45) is 5.73 Å². The zero-order chi connectivity index (χ0) is 20.4. The molecular weight excluding hydrogens is 378 g/mol. The fraction of sp³-hybridized carbons (Fsp3) is 0.333. The van der Waals surface area contributed by atoms with E-state index in [9.17, 15) is 14.7 Å². The quantitative estimate of drug-likeness (QED) is 0.668. The van der Waals surface area contributed by atoms with E-state index < -0.39 is 12.1 Å². The summed E-state index contributed by atoms with van der Waals surface area (Å²) >= 11 is 5.90. The summed E-state index contributed by atoms with van der Waals surface area (Å²) in [5, 5.41) is 14.3. The van der Waals surface area contributed by atoms with Crippen LogP contribution in [0.3, 0.4) is 0 Å². The average Bonchev–Trinajstić information content (AvgIpc) is 2.62. The summed E-state index contributed by atoms with van der Waals surface area (Å²) in [4.78, 5) is 25.5. The first kappa shape index (κ1) is 20.2. The smallest absolute Gasteiger partial charge is 0.248 e. The lowest BCUT2D eigenvalue weighted by Crippen LogP contribution is -2.42. The number of aliphatic hydroxyl groups is 1. The first-order chi connectivity index (χ1) is 13.3. The molecule has 0 radical (unpaired) electrons. The minimum absolute atomic E-state index is 0.0165. The summed E-state index contributed by atoms with van der Waals surface area (Å²) in [7, 11) is 0. The summed E-state index contributed by atoms with van der Waals surface area (Å²) in [6, 6.07) is 12.2. The Balaban J connectivity index is 1.87. The number of primary amides is 1. The van der Waals surface area contributed by atoms with Gasteiger partial charge in [-0.2, -0.15) is 0 Å². The largest absolute Gasteiger partial charge is 0.374 e. The lowest BCUT2D eigenvalue weighted by molar-refractivity contribution is -0.117. The van der Waals surface area contributed by atoms with E-state index >= 15 is 0 Å². The third kappa shape index (κ3) is 4.29. The molecule has 7 heteroatoms. The van der Waals surface area contributed by atoms with Gasteiger partial charge in [0.05, 0.1) is 0 Å². The van der Waals surface area contributed by atoms with Gasteiger partial charge in [-0.3, -0.25) is 9.59 Å². The molecule has 6 nitrogen and oxygen atoms in total. The maximum atomic E-state index is 12.2. The third-order valence-electron chi connectivity index (χ3n) is 5.10. The number of halogens is 1. The number of amides is 2. The van der Waals surface area contributed by atoms with E-state index in [0.717, 1.165) is 16.9 Å². The van der Waals surface area contributed by atoms with Crippen molar-refractivity contribution >= 4 is 34.8 Å². The topological polar surface area (TPSA) is 95.7 Å². The van der Waals surface area contributed by atoms with Gasteiger partial charge in [0, 0.05) is 34.9 Å². The van der Waals surface area contributed by atoms with E-state index in [1.54, 1.807) is 47.4 Å². The van der Waals surface area contributed by atoms with Crippen LogP contribution in [0.15, 0.2) is 42.5 Å². The molecule has 0 saturated carbocycles. The maximum Gasteiger partial charge on any atom is 0.248 e. The first-order valence-electron chi connectivity index (χ1n) is 9.20. The van der Waals surface area contributed by atoms with Crippen molar-refractivity contribution in [3.63, 3.8) is 0 Å². The van der Waals surface area contributed by atoms with Crippen LogP contribution in [0.25, 0.3) is 0 Å². The Morgan fingerprint density at radius 3 is 2.57 bits per heavy atom. The van der Waals surface area contributed by atoms with E-state index in [0.29, 0.717) is 23.4 Å². The van der Waals surface area contributed by atoms with Gasteiger partial charge < -0.3 is 21.1 Å². The van der Waals surface area contributed by atoms with Crippen molar-refractivity contribution in [2.75, 3.05) is 10.2 Å². The fourth-order valence-corrected chi connectivity index (χ4v) is 4.03. The molecule has 0 spiro atoms. The van der Waals surface area contributed by atoms with Crippen molar-refractivity contribution in [1.82, 2.24) is 0 Å². The van der Waals surface area contributed by atoms with Crippen molar-refractivity contribution in [2.45, 2.75) is 44.9 Å². The molecule has 1 aliphatic rings. The zero-order valence-corrected chi connectivity index (χ0v) is 16.6. The summed E-state index contributed by atoms with van der Waals surface area (Å²) in [6.45, 7) is 3.51. The normalized spacial score (nSPS) is 19.6. The number of hydrogen-bond donors (Lipinski definition) is 3. The van der Waals surface area contributed by atoms with Crippen molar-refractivity contribution < 1.29 is 14.7 Å². The van der Waals surface area contributed by atoms with Crippen LogP contribution in [0.5, 0.6) is 0 Å². The van der Waals surface area contributed by atoms with Crippen LogP contribution in [0, 0.1) is 0 Å². The maximum absolute atomic E-state index is 12.2. The molecule has 148 valence electrons. The zero-order valence-electron chi connectivity index (χ0n) is 15.9. The van der Waals surface area contributed by atoms with Crippen LogP contribution in [-0.2, 0) is 4.79 Å². The Bertz CT molecular complexity index is 885. The van der Waals surface area contributed by atoms with Gasteiger partial charge in [0.1, 0.15) is 6.23 Å². The van der Waals surface area contributed by atoms with Gasteiger partial charge in [-0.15, -0.1) is 0 Å². The molecule has 3 rings (SSSR count). The summed E-state index contributed by atoms with van der Waals surface area (Å²) in [5.41, 5.74) is 8.20. The summed E-state index contributed by atoms with van der Waals surface area (Å²) in [5.74, 6) is -0.608. The van der Waals surface area contributed by atoms with E-state index in [-0.39, 0.29) is 17.9 Å².